The molecule has 1 heterocycles. The van der Waals surface area contributed by atoms with Crippen LogP contribution in [-0.4, -0.2) is 28.8 Å². The summed E-state index contributed by atoms with van der Waals surface area (Å²) in [5, 5.41) is 9.99. The highest BCUT2D eigenvalue weighted by molar-refractivity contribution is 6.55. The molecule has 5 heteroatoms. The monoisotopic (exact) mass is 247 g/mol. The Balaban J connectivity index is 2.74. The topological polar surface area (TPSA) is 68.4 Å². The molecule has 3 N–H and O–H groups in total. The maximum atomic E-state index is 9.99. The first-order chi connectivity index (χ1) is 8.28. The number of hydrogen-bond acceptors (Lipinski definition) is 4. The quantitative estimate of drug-likeness (QED) is 0.774. The lowest BCUT2D eigenvalue weighted by Gasteiger charge is -2.37. The molecular formula is C13H20BN2O2. The minimum Gasteiger partial charge on any atom is -0.426 e. The second-order valence-corrected chi connectivity index (χ2v) is 5.14. The highest BCUT2D eigenvalue weighted by Crippen LogP contribution is 2.25. The van der Waals surface area contributed by atoms with Crippen molar-refractivity contribution in [2.45, 2.75) is 38.9 Å². The van der Waals surface area contributed by atoms with Crippen molar-refractivity contribution in [1.82, 2.24) is 4.98 Å². The van der Waals surface area contributed by atoms with Crippen LogP contribution in [0.4, 0.5) is 0 Å². The average molecular weight is 247 g/mol. The van der Waals surface area contributed by atoms with Crippen LogP contribution in [0.1, 0.15) is 33.4 Å². The molecule has 0 aliphatic carbocycles. The van der Waals surface area contributed by atoms with Gasteiger partial charge in [-0.25, -0.2) is 0 Å². The molecule has 0 spiro atoms. The number of nitrogens with zero attached hydrogens (tertiary/aromatic N) is 1. The molecule has 4 nitrogen and oxygen atoms in total. The zero-order valence-corrected chi connectivity index (χ0v) is 11.3. The minimum absolute atomic E-state index is 0.674. The van der Waals surface area contributed by atoms with Gasteiger partial charge in [-0.1, -0.05) is 6.07 Å². The molecule has 1 radical (unpaired) electrons. The van der Waals surface area contributed by atoms with Crippen LogP contribution in [0.2, 0.25) is 0 Å². The molecule has 18 heavy (non-hydrogen) atoms. The second-order valence-electron chi connectivity index (χ2n) is 5.14. The fourth-order valence-corrected chi connectivity index (χ4v) is 1.07. The normalized spacial score (nSPS) is 13.5. The van der Waals surface area contributed by atoms with Gasteiger partial charge in [-0.05, 0) is 51.5 Å². The largest absolute Gasteiger partial charge is 0.426 e. The van der Waals surface area contributed by atoms with Gasteiger partial charge in [-0.3, -0.25) is 4.98 Å². The van der Waals surface area contributed by atoms with Crippen LogP contribution in [0.3, 0.4) is 0 Å². The van der Waals surface area contributed by atoms with Crippen molar-refractivity contribution >= 4 is 13.0 Å². The molecule has 0 bridgehead atoms. The van der Waals surface area contributed by atoms with E-state index in [4.69, 9.17) is 10.4 Å². The van der Waals surface area contributed by atoms with E-state index >= 15 is 0 Å². The van der Waals surface area contributed by atoms with Crippen molar-refractivity contribution in [1.29, 1.82) is 0 Å². The van der Waals surface area contributed by atoms with Gasteiger partial charge >= 0.3 is 7.48 Å². The summed E-state index contributed by atoms with van der Waals surface area (Å²) in [5.41, 5.74) is 5.28. The van der Waals surface area contributed by atoms with Crippen molar-refractivity contribution < 1.29 is 9.76 Å². The molecule has 97 valence electrons. The van der Waals surface area contributed by atoms with Crippen molar-refractivity contribution in [2.75, 3.05) is 0 Å². The van der Waals surface area contributed by atoms with E-state index in [9.17, 15) is 5.11 Å². The van der Waals surface area contributed by atoms with Crippen LogP contribution in [0.5, 0.6) is 0 Å². The van der Waals surface area contributed by atoms with Crippen LogP contribution in [0.15, 0.2) is 30.6 Å². The summed E-state index contributed by atoms with van der Waals surface area (Å²) < 4.78 is 5.64. The lowest BCUT2D eigenvalue weighted by atomic mass is 9.81. The molecule has 0 aromatic carbocycles. The van der Waals surface area contributed by atoms with E-state index in [-0.39, 0.29) is 0 Å². The Labute approximate surface area is 109 Å². The Morgan fingerprint density at radius 3 is 2.50 bits per heavy atom. The van der Waals surface area contributed by atoms with E-state index < -0.39 is 11.2 Å². The Hall–Kier alpha value is -1.33. The third-order valence-electron chi connectivity index (χ3n) is 3.09. The number of aromatic nitrogens is 1. The summed E-state index contributed by atoms with van der Waals surface area (Å²) in [4.78, 5) is 4.19. The van der Waals surface area contributed by atoms with Crippen LogP contribution >= 0.6 is 0 Å². The number of pyridine rings is 1. The fourth-order valence-electron chi connectivity index (χ4n) is 1.07. The highest BCUT2D eigenvalue weighted by Gasteiger charge is 2.36. The van der Waals surface area contributed by atoms with Crippen molar-refractivity contribution in [3.05, 3.63) is 36.3 Å². The van der Waals surface area contributed by atoms with Gasteiger partial charge in [-0.15, -0.1) is 0 Å². The maximum Gasteiger partial charge on any atom is 0.334 e. The molecule has 0 amide bonds. The molecule has 0 fully saturated rings. The zero-order chi connectivity index (χ0) is 13.8. The molecule has 1 aromatic rings. The standard InChI is InChI=1S/C13H20BN2O2/c1-12(2,17)13(3,4)18-14-10(9-15)11-7-5-6-8-16-11/h5-9,17H,15H2,1-4H3/b10-9+. The van der Waals surface area contributed by atoms with E-state index in [1.54, 1.807) is 20.0 Å². The van der Waals surface area contributed by atoms with E-state index in [0.29, 0.717) is 5.47 Å². The third-order valence-corrected chi connectivity index (χ3v) is 3.09. The number of aliphatic hydroxyl groups is 1. The number of nitrogens with two attached hydrogens (primary N) is 1. The molecule has 0 atom stereocenters. The van der Waals surface area contributed by atoms with E-state index in [1.807, 2.05) is 32.0 Å². The maximum absolute atomic E-state index is 9.99. The second kappa shape index (κ2) is 5.54. The van der Waals surface area contributed by atoms with Crippen molar-refractivity contribution in [3.8, 4) is 0 Å². The summed E-state index contributed by atoms with van der Waals surface area (Å²) in [6, 6.07) is 5.55. The molecule has 0 saturated heterocycles. The van der Waals surface area contributed by atoms with Gasteiger partial charge in [0.05, 0.1) is 16.9 Å². The van der Waals surface area contributed by atoms with Crippen molar-refractivity contribution in [3.63, 3.8) is 0 Å². The summed E-state index contributed by atoms with van der Waals surface area (Å²) in [6.45, 7) is 7.03. The van der Waals surface area contributed by atoms with Crippen LogP contribution < -0.4 is 5.73 Å². The van der Waals surface area contributed by atoms with Crippen LogP contribution in [-0.2, 0) is 4.65 Å². The lowest BCUT2D eigenvalue weighted by Crippen LogP contribution is -2.48. The first-order valence-corrected chi connectivity index (χ1v) is 5.84. The van der Waals surface area contributed by atoms with Crippen LogP contribution in [0.25, 0.3) is 5.47 Å². The Bertz CT molecular complexity index is 411. The van der Waals surface area contributed by atoms with Gasteiger partial charge in [-0.2, -0.15) is 0 Å². The van der Waals surface area contributed by atoms with Crippen molar-refractivity contribution in [2.24, 2.45) is 5.73 Å². The summed E-state index contributed by atoms with van der Waals surface area (Å²) in [5.74, 6) is 0. The summed E-state index contributed by atoms with van der Waals surface area (Å²) in [6.07, 6.45) is 3.12. The molecule has 1 aromatic heterocycles. The molecule has 0 saturated carbocycles. The predicted molar refractivity (Wildman–Crippen MR) is 73.6 cm³/mol. The first kappa shape index (κ1) is 14.7. The average Bonchev–Trinajstić information content (AvgIpc) is 2.29. The van der Waals surface area contributed by atoms with E-state index in [2.05, 4.69) is 4.98 Å². The van der Waals surface area contributed by atoms with E-state index in [0.717, 1.165) is 5.69 Å². The van der Waals surface area contributed by atoms with Gasteiger partial charge in [0.1, 0.15) is 0 Å². The minimum atomic E-state index is -0.965. The molecule has 0 unspecified atom stereocenters. The molecule has 1 rings (SSSR count). The molecular weight excluding hydrogens is 227 g/mol. The smallest absolute Gasteiger partial charge is 0.334 e. The first-order valence-electron chi connectivity index (χ1n) is 5.84. The molecule has 0 aliphatic rings. The molecule has 0 aliphatic heterocycles. The van der Waals surface area contributed by atoms with Gasteiger partial charge in [0, 0.05) is 6.20 Å². The predicted octanol–water partition coefficient (Wildman–Crippen LogP) is 1.52. The van der Waals surface area contributed by atoms with Crippen LogP contribution in [0, 0.1) is 0 Å². The SMILES string of the molecule is CC(C)(O)C(C)(C)O[B]/C(=C/N)c1ccccn1. The third kappa shape index (κ3) is 3.58. The lowest BCUT2D eigenvalue weighted by molar-refractivity contribution is -0.0892. The van der Waals surface area contributed by atoms with Gasteiger partial charge in [0.2, 0.25) is 0 Å². The number of hydrogen-bond donors (Lipinski definition) is 2. The van der Waals surface area contributed by atoms with Gasteiger partial charge in [0.15, 0.2) is 0 Å². The Kier molecular flexibility index (Phi) is 4.54. The highest BCUT2D eigenvalue weighted by atomic mass is 16.5. The fraction of sp³-hybridized carbons (Fsp3) is 0.462. The number of rotatable bonds is 5. The Morgan fingerprint density at radius 2 is 2.06 bits per heavy atom. The zero-order valence-electron chi connectivity index (χ0n) is 11.3. The summed E-state index contributed by atoms with van der Waals surface area (Å²) >= 11 is 0. The summed E-state index contributed by atoms with van der Waals surface area (Å²) in [7, 11) is 1.53. The van der Waals surface area contributed by atoms with E-state index in [1.165, 1.54) is 13.7 Å². The van der Waals surface area contributed by atoms with Gasteiger partial charge in [0.25, 0.3) is 0 Å². The van der Waals surface area contributed by atoms with Gasteiger partial charge < -0.3 is 15.5 Å². The Morgan fingerprint density at radius 1 is 1.39 bits per heavy atom.